The number of benzene rings is 1. The fraction of sp³-hybridized carbons (Fsp3) is 0.0833. The zero-order chi connectivity index (χ0) is 14.0. The van der Waals surface area contributed by atoms with Crippen LogP contribution in [0.2, 0.25) is 0 Å². The number of rotatable bonds is 2. The van der Waals surface area contributed by atoms with Gasteiger partial charge >= 0.3 is 0 Å². The highest BCUT2D eigenvalue weighted by atomic mass is 19.1. The summed E-state index contributed by atoms with van der Waals surface area (Å²) < 4.78 is 26.9. The fourth-order valence-corrected chi connectivity index (χ4v) is 1.44. The van der Waals surface area contributed by atoms with E-state index >= 15 is 0 Å². The fourth-order valence-electron chi connectivity index (χ4n) is 1.44. The van der Waals surface area contributed by atoms with Gasteiger partial charge in [-0.1, -0.05) is 0 Å². The number of hydrogen-bond acceptors (Lipinski definition) is 3. The van der Waals surface area contributed by atoms with Crippen LogP contribution in [0.1, 0.15) is 10.5 Å². The van der Waals surface area contributed by atoms with Crippen LogP contribution in [0.5, 0.6) is 0 Å². The van der Waals surface area contributed by atoms with Gasteiger partial charge in [-0.05, 0) is 18.2 Å². The maximum Gasteiger partial charge on any atom is 0.276 e. The van der Waals surface area contributed by atoms with Crippen LogP contribution in [0.25, 0.3) is 0 Å². The molecule has 0 saturated heterocycles. The Morgan fingerprint density at radius 2 is 1.84 bits per heavy atom. The van der Waals surface area contributed by atoms with Crippen molar-refractivity contribution in [2.45, 2.75) is 0 Å². The first kappa shape index (κ1) is 12.9. The Bertz CT molecular complexity index is 677. The zero-order valence-electron chi connectivity index (χ0n) is 9.85. The topological polar surface area (TPSA) is 64.0 Å². The lowest BCUT2D eigenvalue weighted by Gasteiger charge is -2.05. The number of halogens is 2. The first-order chi connectivity index (χ1) is 8.95. The summed E-state index contributed by atoms with van der Waals surface area (Å²) in [7, 11) is 1.39. The van der Waals surface area contributed by atoms with Crippen molar-refractivity contribution in [1.82, 2.24) is 9.78 Å². The number of nitrogens with one attached hydrogen (secondary N) is 1. The predicted octanol–water partition coefficient (Wildman–Crippen LogP) is 1.31. The highest BCUT2D eigenvalue weighted by Gasteiger charge is 2.10. The van der Waals surface area contributed by atoms with Gasteiger partial charge in [0.05, 0.1) is 0 Å². The number of anilines is 1. The van der Waals surface area contributed by atoms with Crippen molar-refractivity contribution < 1.29 is 13.6 Å². The van der Waals surface area contributed by atoms with E-state index in [1.165, 1.54) is 19.2 Å². The summed E-state index contributed by atoms with van der Waals surface area (Å²) in [5.74, 6) is -2.27. The number of nitrogens with zero attached hydrogens (tertiary/aromatic N) is 2. The molecule has 0 unspecified atom stereocenters. The number of aromatic nitrogens is 2. The summed E-state index contributed by atoms with van der Waals surface area (Å²) in [6.45, 7) is 0. The molecule has 1 heterocycles. The molecule has 98 valence electrons. The molecule has 19 heavy (non-hydrogen) atoms. The van der Waals surface area contributed by atoms with Gasteiger partial charge in [-0.15, -0.1) is 0 Å². The van der Waals surface area contributed by atoms with E-state index in [9.17, 15) is 18.4 Å². The molecule has 0 spiro atoms. The van der Waals surface area contributed by atoms with Crippen LogP contribution in [0.3, 0.4) is 0 Å². The maximum atomic E-state index is 12.9. The summed E-state index contributed by atoms with van der Waals surface area (Å²) in [5, 5.41) is 6.01. The van der Waals surface area contributed by atoms with Gasteiger partial charge in [0, 0.05) is 24.9 Å². The van der Waals surface area contributed by atoms with E-state index in [0.29, 0.717) is 6.07 Å². The van der Waals surface area contributed by atoms with Gasteiger partial charge in [-0.25, -0.2) is 13.5 Å². The Morgan fingerprint density at radius 1 is 1.21 bits per heavy atom. The molecule has 7 heteroatoms. The number of amides is 1. The molecular weight excluding hydrogens is 256 g/mol. The molecule has 0 bridgehead atoms. The van der Waals surface area contributed by atoms with Gasteiger partial charge < -0.3 is 5.32 Å². The third-order valence-corrected chi connectivity index (χ3v) is 2.31. The lowest BCUT2D eigenvalue weighted by molar-refractivity contribution is 0.102. The van der Waals surface area contributed by atoms with Crippen LogP contribution in [-0.2, 0) is 7.05 Å². The molecule has 1 amide bonds. The SMILES string of the molecule is Cn1nc(C(=O)Nc2cc(F)cc(F)c2)ccc1=O. The van der Waals surface area contributed by atoms with Crippen molar-refractivity contribution in [3.05, 3.63) is 58.0 Å². The van der Waals surface area contributed by atoms with E-state index in [2.05, 4.69) is 10.4 Å². The highest BCUT2D eigenvalue weighted by Crippen LogP contribution is 2.13. The first-order valence-electron chi connectivity index (χ1n) is 5.27. The van der Waals surface area contributed by atoms with Crippen LogP contribution in [-0.4, -0.2) is 15.7 Å². The Morgan fingerprint density at radius 3 is 2.42 bits per heavy atom. The molecular formula is C12H9F2N3O2. The van der Waals surface area contributed by atoms with Gasteiger partial charge in [0.15, 0.2) is 0 Å². The predicted molar refractivity (Wildman–Crippen MR) is 63.8 cm³/mol. The molecule has 0 atom stereocenters. The molecule has 2 rings (SSSR count). The van der Waals surface area contributed by atoms with Gasteiger partial charge in [0.25, 0.3) is 11.5 Å². The third kappa shape index (κ3) is 3.01. The van der Waals surface area contributed by atoms with Crippen molar-refractivity contribution in [1.29, 1.82) is 0 Å². The zero-order valence-corrected chi connectivity index (χ0v) is 9.85. The third-order valence-electron chi connectivity index (χ3n) is 2.31. The molecule has 1 aromatic heterocycles. The second-order valence-corrected chi connectivity index (χ2v) is 3.79. The largest absolute Gasteiger partial charge is 0.320 e. The molecule has 5 nitrogen and oxygen atoms in total. The number of carbonyl (C=O) groups excluding carboxylic acids is 1. The molecule has 0 radical (unpaired) electrons. The minimum Gasteiger partial charge on any atom is -0.320 e. The smallest absolute Gasteiger partial charge is 0.276 e. The van der Waals surface area contributed by atoms with E-state index in [1.807, 2.05) is 0 Å². The molecule has 0 aliphatic carbocycles. The molecule has 0 aliphatic rings. The van der Waals surface area contributed by atoms with E-state index in [-0.39, 0.29) is 16.9 Å². The molecule has 1 N–H and O–H groups in total. The summed E-state index contributed by atoms with van der Waals surface area (Å²) in [6, 6.07) is 5.05. The summed E-state index contributed by atoms with van der Waals surface area (Å²) in [6.07, 6.45) is 0. The Balaban J connectivity index is 2.25. The number of hydrogen-bond donors (Lipinski definition) is 1. The van der Waals surface area contributed by atoms with Crippen LogP contribution in [0.4, 0.5) is 14.5 Å². The quantitative estimate of drug-likeness (QED) is 0.890. The van der Waals surface area contributed by atoms with E-state index in [4.69, 9.17) is 0 Å². The Kier molecular flexibility index (Phi) is 3.37. The van der Waals surface area contributed by atoms with Crippen molar-refractivity contribution >= 4 is 11.6 Å². The normalized spacial score (nSPS) is 10.3. The van der Waals surface area contributed by atoms with Crippen molar-refractivity contribution in [2.75, 3.05) is 5.32 Å². The minimum absolute atomic E-state index is 0.0295. The summed E-state index contributed by atoms with van der Waals surface area (Å²) in [5.41, 5.74) is -0.432. The lowest BCUT2D eigenvalue weighted by Crippen LogP contribution is -2.23. The van der Waals surface area contributed by atoms with Crippen LogP contribution in [0, 0.1) is 11.6 Å². The number of carbonyl (C=O) groups is 1. The summed E-state index contributed by atoms with van der Waals surface area (Å²) in [4.78, 5) is 22.9. The minimum atomic E-state index is -0.802. The van der Waals surface area contributed by atoms with Crippen molar-refractivity contribution in [3.8, 4) is 0 Å². The van der Waals surface area contributed by atoms with Gasteiger partial charge in [0.2, 0.25) is 0 Å². The highest BCUT2D eigenvalue weighted by molar-refractivity contribution is 6.02. The van der Waals surface area contributed by atoms with E-state index in [1.54, 1.807) is 0 Å². The van der Waals surface area contributed by atoms with E-state index in [0.717, 1.165) is 16.8 Å². The van der Waals surface area contributed by atoms with Crippen molar-refractivity contribution in [2.24, 2.45) is 7.05 Å². The van der Waals surface area contributed by atoms with Crippen LogP contribution < -0.4 is 10.9 Å². The first-order valence-corrected chi connectivity index (χ1v) is 5.27. The average molecular weight is 265 g/mol. The second kappa shape index (κ2) is 4.97. The lowest BCUT2D eigenvalue weighted by atomic mass is 10.3. The van der Waals surface area contributed by atoms with E-state index < -0.39 is 17.5 Å². The summed E-state index contributed by atoms with van der Waals surface area (Å²) >= 11 is 0. The molecule has 0 aliphatic heterocycles. The van der Waals surface area contributed by atoms with Crippen LogP contribution >= 0.6 is 0 Å². The monoisotopic (exact) mass is 265 g/mol. The average Bonchev–Trinajstić information content (AvgIpc) is 2.31. The van der Waals surface area contributed by atoms with Crippen LogP contribution in [0.15, 0.2) is 35.1 Å². The molecule has 0 saturated carbocycles. The Hall–Kier alpha value is -2.57. The molecule has 1 aromatic carbocycles. The second-order valence-electron chi connectivity index (χ2n) is 3.79. The molecule has 2 aromatic rings. The van der Waals surface area contributed by atoms with Gasteiger partial charge in [-0.3, -0.25) is 9.59 Å². The molecule has 0 fully saturated rings. The van der Waals surface area contributed by atoms with Crippen molar-refractivity contribution in [3.63, 3.8) is 0 Å². The Labute approximate surface area is 106 Å². The maximum absolute atomic E-state index is 12.9. The number of aryl methyl sites for hydroxylation is 1. The van der Waals surface area contributed by atoms with Gasteiger partial charge in [0.1, 0.15) is 17.3 Å². The standard InChI is InChI=1S/C12H9F2N3O2/c1-17-11(18)3-2-10(16-17)12(19)15-9-5-7(13)4-8(14)6-9/h2-6H,1H3,(H,15,19). The van der Waals surface area contributed by atoms with Gasteiger partial charge in [-0.2, -0.15) is 5.10 Å².